The van der Waals surface area contributed by atoms with Crippen molar-refractivity contribution in [2.75, 3.05) is 36.5 Å². The van der Waals surface area contributed by atoms with E-state index in [9.17, 15) is 9.59 Å². The number of carbonyl (C=O) groups is 2. The van der Waals surface area contributed by atoms with Crippen molar-refractivity contribution in [3.05, 3.63) is 90.0 Å². The molecule has 0 aromatic heterocycles. The van der Waals surface area contributed by atoms with Gasteiger partial charge in [-0.3, -0.25) is 4.79 Å². The number of rotatable bonds is 8. The van der Waals surface area contributed by atoms with E-state index < -0.39 is 18.0 Å². The van der Waals surface area contributed by atoms with Crippen LogP contribution in [0.25, 0.3) is 0 Å². The third-order valence-corrected chi connectivity index (χ3v) is 5.51. The van der Waals surface area contributed by atoms with E-state index in [4.69, 9.17) is 14.2 Å². The van der Waals surface area contributed by atoms with E-state index in [1.807, 2.05) is 54.6 Å². The summed E-state index contributed by atoms with van der Waals surface area (Å²) >= 11 is 0. The van der Waals surface area contributed by atoms with Crippen molar-refractivity contribution in [3.63, 3.8) is 0 Å². The zero-order valence-electron chi connectivity index (χ0n) is 19.1. The van der Waals surface area contributed by atoms with Crippen molar-refractivity contribution in [1.82, 2.24) is 0 Å². The molecular weight excluding hydrogens is 432 g/mol. The van der Waals surface area contributed by atoms with Gasteiger partial charge < -0.3 is 24.4 Å². The molecule has 3 aromatic carbocycles. The van der Waals surface area contributed by atoms with Gasteiger partial charge in [0.1, 0.15) is 17.9 Å². The van der Waals surface area contributed by atoms with Gasteiger partial charge in [0.25, 0.3) is 5.91 Å². The molecule has 0 aliphatic carbocycles. The van der Waals surface area contributed by atoms with Crippen LogP contribution in [0.4, 0.5) is 11.4 Å². The van der Waals surface area contributed by atoms with Crippen LogP contribution in [-0.2, 0) is 20.9 Å². The quantitative estimate of drug-likeness (QED) is 0.506. The van der Waals surface area contributed by atoms with Gasteiger partial charge in [0.05, 0.1) is 13.2 Å². The molecule has 1 aliphatic rings. The van der Waals surface area contributed by atoms with E-state index in [1.165, 1.54) is 0 Å². The second kappa shape index (κ2) is 11.3. The third kappa shape index (κ3) is 6.14. The van der Waals surface area contributed by atoms with Crippen LogP contribution in [0.15, 0.2) is 78.9 Å². The number of carbonyl (C=O) groups excluding carboxylic acids is 2. The summed E-state index contributed by atoms with van der Waals surface area (Å²) in [5, 5.41) is 2.80. The maximum Gasteiger partial charge on any atom is 0.342 e. The molecule has 0 bridgehead atoms. The van der Waals surface area contributed by atoms with E-state index in [2.05, 4.69) is 10.2 Å². The molecular formula is C27H28N2O5. The van der Waals surface area contributed by atoms with Crippen molar-refractivity contribution in [2.24, 2.45) is 0 Å². The number of morpholine rings is 1. The van der Waals surface area contributed by atoms with Crippen LogP contribution in [0.5, 0.6) is 5.75 Å². The van der Waals surface area contributed by atoms with E-state index in [1.54, 1.807) is 31.2 Å². The summed E-state index contributed by atoms with van der Waals surface area (Å²) in [6, 6.07) is 24.1. The summed E-state index contributed by atoms with van der Waals surface area (Å²) in [6.45, 7) is 4.97. The number of hydrogen-bond acceptors (Lipinski definition) is 6. The number of amides is 1. The average Bonchev–Trinajstić information content (AvgIpc) is 2.89. The number of nitrogens with one attached hydrogen (secondary N) is 1. The Bertz CT molecular complexity index is 1100. The first-order valence-corrected chi connectivity index (χ1v) is 11.3. The fourth-order valence-corrected chi connectivity index (χ4v) is 3.60. The highest BCUT2D eigenvalue weighted by Crippen LogP contribution is 2.22. The number of ether oxygens (including phenoxy) is 3. The smallest absolute Gasteiger partial charge is 0.342 e. The van der Waals surface area contributed by atoms with Crippen LogP contribution in [0.3, 0.4) is 0 Å². The number of para-hydroxylation sites is 1. The Morgan fingerprint density at radius 2 is 1.62 bits per heavy atom. The van der Waals surface area contributed by atoms with Gasteiger partial charge in [-0.05, 0) is 48.9 Å². The van der Waals surface area contributed by atoms with Crippen LogP contribution >= 0.6 is 0 Å². The van der Waals surface area contributed by atoms with Gasteiger partial charge in [0, 0.05) is 24.5 Å². The molecule has 0 saturated carbocycles. The van der Waals surface area contributed by atoms with Crippen LogP contribution < -0.4 is 15.0 Å². The number of anilines is 2. The minimum Gasteiger partial charge on any atom is -0.488 e. The van der Waals surface area contributed by atoms with Gasteiger partial charge in [0.15, 0.2) is 6.10 Å². The highest BCUT2D eigenvalue weighted by atomic mass is 16.5. The highest BCUT2D eigenvalue weighted by molar-refractivity contribution is 5.98. The highest BCUT2D eigenvalue weighted by Gasteiger charge is 2.22. The molecule has 1 heterocycles. The van der Waals surface area contributed by atoms with Crippen LogP contribution in [0, 0.1) is 0 Å². The van der Waals surface area contributed by atoms with Gasteiger partial charge in [-0.25, -0.2) is 4.79 Å². The Hall–Kier alpha value is -3.84. The van der Waals surface area contributed by atoms with Crippen molar-refractivity contribution in [1.29, 1.82) is 0 Å². The maximum atomic E-state index is 12.8. The summed E-state index contributed by atoms with van der Waals surface area (Å²) in [6.07, 6.45) is -0.978. The van der Waals surface area contributed by atoms with Crippen LogP contribution in [0.1, 0.15) is 22.8 Å². The molecule has 7 heteroatoms. The lowest BCUT2D eigenvalue weighted by atomic mass is 10.2. The molecule has 1 saturated heterocycles. The van der Waals surface area contributed by atoms with E-state index in [0.29, 0.717) is 31.3 Å². The van der Waals surface area contributed by atoms with Crippen molar-refractivity contribution < 1.29 is 23.8 Å². The standard InChI is InChI=1S/C27H28N2O5/c1-20(26(30)28-22-11-13-23(14-12-22)29-15-17-32-18-16-29)34-27(31)24-9-5-6-10-25(24)33-19-21-7-3-2-4-8-21/h2-14,20H,15-19H2,1H3,(H,28,30). The van der Waals surface area contributed by atoms with Gasteiger partial charge in [-0.1, -0.05) is 42.5 Å². The number of nitrogens with zero attached hydrogens (tertiary/aromatic N) is 1. The molecule has 1 unspecified atom stereocenters. The summed E-state index contributed by atoms with van der Waals surface area (Å²) < 4.78 is 16.6. The predicted octanol–water partition coefficient (Wildman–Crippen LogP) is 4.29. The summed E-state index contributed by atoms with van der Waals surface area (Å²) in [4.78, 5) is 27.6. The number of benzene rings is 3. The summed E-state index contributed by atoms with van der Waals surface area (Å²) in [7, 11) is 0. The first-order valence-electron chi connectivity index (χ1n) is 11.3. The molecule has 1 fully saturated rings. The first-order chi connectivity index (χ1) is 16.6. The fraction of sp³-hybridized carbons (Fsp3) is 0.259. The average molecular weight is 461 g/mol. The second-order valence-corrected chi connectivity index (χ2v) is 7.95. The molecule has 176 valence electrons. The van der Waals surface area contributed by atoms with Crippen LogP contribution in [-0.4, -0.2) is 44.3 Å². The Morgan fingerprint density at radius 1 is 0.941 bits per heavy atom. The van der Waals surface area contributed by atoms with E-state index in [0.717, 1.165) is 24.3 Å². The molecule has 1 aliphatic heterocycles. The molecule has 1 amide bonds. The second-order valence-electron chi connectivity index (χ2n) is 7.95. The summed E-state index contributed by atoms with van der Waals surface area (Å²) in [5.74, 6) is -0.619. The largest absolute Gasteiger partial charge is 0.488 e. The zero-order chi connectivity index (χ0) is 23.8. The molecule has 0 radical (unpaired) electrons. The van der Waals surface area contributed by atoms with Gasteiger partial charge in [-0.2, -0.15) is 0 Å². The number of hydrogen-bond donors (Lipinski definition) is 1. The molecule has 1 atom stereocenters. The monoisotopic (exact) mass is 460 g/mol. The molecule has 34 heavy (non-hydrogen) atoms. The molecule has 0 spiro atoms. The molecule has 7 nitrogen and oxygen atoms in total. The van der Waals surface area contributed by atoms with E-state index in [-0.39, 0.29) is 5.56 Å². The first kappa shape index (κ1) is 23.3. The molecule has 1 N–H and O–H groups in total. The Morgan fingerprint density at radius 3 is 2.35 bits per heavy atom. The van der Waals surface area contributed by atoms with Gasteiger partial charge in [0.2, 0.25) is 0 Å². The number of esters is 1. The Kier molecular flexibility index (Phi) is 7.78. The molecule has 3 aromatic rings. The lowest BCUT2D eigenvalue weighted by Crippen LogP contribution is -2.36. The molecule has 4 rings (SSSR count). The van der Waals surface area contributed by atoms with E-state index >= 15 is 0 Å². The normalized spacial score (nSPS) is 14.2. The van der Waals surface area contributed by atoms with Gasteiger partial charge in [-0.15, -0.1) is 0 Å². The van der Waals surface area contributed by atoms with Crippen molar-refractivity contribution in [2.45, 2.75) is 19.6 Å². The summed E-state index contributed by atoms with van der Waals surface area (Å²) in [5.41, 5.74) is 2.97. The third-order valence-electron chi connectivity index (χ3n) is 5.51. The van der Waals surface area contributed by atoms with Gasteiger partial charge >= 0.3 is 5.97 Å². The lowest BCUT2D eigenvalue weighted by molar-refractivity contribution is -0.123. The van der Waals surface area contributed by atoms with Crippen LogP contribution in [0.2, 0.25) is 0 Å². The maximum absolute atomic E-state index is 12.8. The van der Waals surface area contributed by atoms with Crippen molar-refractivity contribution in [3.8, 4) is 5.75 Å². The zero-order valence-corrected chi connectivity index (χ0v) is 19.1. The Labute approximate surface area is 199 Å². The fourth-order valence-electron chi connectivity index (χ4n) is 3.60. The topological polar surface area (TPSA) is 77.1 Å². The minimum atomic E-state index is -0.978. The lowest BCUT2D eigenvalue weighted by Gasteiger charge is -2.28. The predicted molar refractivity (Wildman–Crippen MR) is 130 cm³/mol. The SMILES string of the molecule is CC(OC(=O)c1ccccc1OCc1ccccc1)C(=O)Nc1ccc(N2CCOCC2)cc1. The van der Waals surface area contributed by atoms with Crippen molar-refractivity contribution >= 4 is 23.3 Å². The Balaban J connectivity index is 1.33. The minimum absolute atomic E-state index is 0.271.